The summed E-state index contributed by atoms with van der Waals surface area (Å²) in [5, 5.41) is 0. The van der Waals surface area contributed by atoms with E-state index in [0.29, 0.717) is 36.2 Å². The van der Waals surface area contributed by atoms with E-state index >= 15 is 0 Å². The average Bonchev–Trinajstić information content (AvgIpc) is 3.21. The van der Waals surface area contributed by atoms with Gasteiger partial charge in [-0.25, -0.2) is 14.4 Å². The van der Waals surface area contributed by atoms with Crippen molar-refractivity contribution in [1.29, 1.82) is 0 Å². The van der Waals surface area contributed by atoms with Crippen LogP contribution >= 0.6 is 0 Å². The van der Waals surface area contributed by atoms with E-state index < -0.39 is 6.17 Å². The number of amides is 1. The first-order valence-electron chi connectivity index (χ1n) is 7.84. The molecule has 0 unspecified atom stereocenters. The Labute approximate surface area is 138 Å². The number of aromatic nitrogens is 4. The van der Waals surface area contributed by atoms with Gasteiger partial charge in [0.05, 0.1) is 25.0 Å². The molecule has 4 rings (SSSR count). The summed E-state index contributed by atoms with van der Waals surface area (Å²) in [5.74, 6) is -0.189. The molecule has 0 saturated carbocycles. The summed E-state index contributed by atoms with van der Waals surface area (Å²) in [7, 11) is 0. The van der Waals surface area contributed by atoms with Gasteiger partial charge in [-0.2, -0.15) is 0 Å². The Balaban J connectivity index is 1.60. The van der Waals surface area contributed by atoms with E-state index in [1.54, 1.807) is 24.8 Å². The van der Waals surface area contributed by atoms with Gasteiger partial charge in [-0.3, -0.25) is 9.78 Å². The second-order valence-electron chi connectivity index (χ2n) is 5.94. The molecule has 0 N–H and O–H groups in total. The van der Waals surface area contributed by atoms with Gasteiger partial charge in [0.2, 0.25) is 0 Å². The van der Waals surface area contributed by atoms with Crippen LogP contribution in [0.2, 0.25) is 0 Å². The zero-order chi connectivity index (χ0) is 16.5. The van der Waals surface area contributed by atoms with Crippen LogP contribution in [0, 0.1) is 0 Å². The lowest BCUT2D eigenvalue weighted by molar-refractivity contribution is 0.0782. The van der Waals surface area contributed by atoms with Crippen LogP contribution in [0.25, 0.3) is 11.2 Å². The molecule has 24 heavy (non-hydrogen) atoms. The van der Waals surface area contributed by atoms with Gasteiger partial charge in [0.25, 0.3) is 5.91 Å². The van der Waals surface area contributed by atoms with E-state index in [4.69, 9.17) is 0 Å². The van der Waals surface area contributed by atoms with Gasteiger partial charge < -0.3 is 9.47 Å². The number of imidazole rings is 1. The molecule has 1 aliphatic heterocycles. The van der Waals surface area contributed by atoms with Crippen LogP contribution in [0.1, 0.15) is 22.3 Å². The average molecular weight is 325 g/mol. The minimum absolute atomic E-state index is 0.159. The second kappa shape index (κ2) is 5.99. The van der Waals surface area contributed by atoms with Crippen LogP contribution in [-0.4, -0.2) is 49.6 Å². The Kier molecular flexibility index (Phi) is 3.68. The Hall–Kier alpha value is -2.83. The van der Waals surface area contributed by atoms with E-state index in [9.17, 15) is 9.18 Å². The van der Waals surface area contributed by atoms with Crippen molar-refractivity contribution in [2.75, 3.05) is 13.1 Å². The SMILES string of the molecule is O=C(c1cnc2c(c1)ncn2Cc1cccnc1)N1CC[C@H](F)C1. The van der Waals surface area contributed by atoms with Crippen molar-refractivity contribution in [2.45, 2.75) is 19.1 Å². The monoisotopic (exact) mass is 325 g/mol. The molecular formula is C17H16FN5O. The maximum atomic E-state index is 13.3. The highest BCUT2D eigenvalue weighted by atomic mass is 19.1. The van der Waals surface area contributed by atoms with E-state index in [-0.39, 0.29) is 12.5 Å². The molecule has 122 valence electrons. The molecule has 0 spiro atoms. The molecule has 0 bridgehead atoms. The molecule has 3 aromatic rings. The maximum Gasteiger partial charge on any atom is 0.255 e. The van der Waals surface area contributed by atoms with Crippen molar-refractivity contribution in [2.24, 2.45) is 0 Å². The highest BCUT2D eigenvalue weighted by Crippen LogP contribution is 2.18. The quantitative estimate of drug-likeness (QED) is 0.739. The Morgan fingerprint density at radius 2 is 2.25 bits per heavy atom. The Bertz CT molecular complexity index is 879. The zero-order valence-corrected chi connectivity index (χ0v) is 13.0. The van der Waals surface area contributed by atoms with Gasteiger partial charge in [0.15, 0.2) is 5.65 Å². The standard InChI is InChI=1S/C17H16FN5O/c18-14-3-5-22(10-14)17(24)13-6-15-16(20-8-13)23(11-21-15)9-12-2-1-4-19-7-12/h1-2,4,6-8,11,14H,3,5,9-10H2/t14-/m0/s1. The molecule has 1 saturated heterocycles. The van der Waals surface area contributed by atoms with E-state index in [0.717, 1.165) is 5.56 Å². The van der Waals surface area contributed by atoms with Crippen molar-refractivity contribution in [3.63, 3.8) is 0 Å². The Morgan fingerprint density at radius 3 is 3.00 bits per heavy atom. The number of halogens is 1. The van der Waals surface area contributed by atoms with Gasteiger partial charge in [-0.15, -0.1) is 0 Å². The number of hydrogen-bond donors (Lipinski definition) is 0. The van der Waals surface area contributed by atoms with Crippen molar-refractivity contribution in [3.05, 3.63) is 54.2 Å². The fraction of sp³-hybridized carbons (Fsp3) is 0.294. The molecule has 7 heteroatoms. The fourth-order valence-electron chi connectivity index (χ4n) is 2.95. The first-order valence-corrected chi connectivity index (χ1v) is 7.84. The highest BCUT2D eigenvalue weighted by Gasteiger charge is 2.27. The van der Waals surface area contributed by atoms with Crippen molar-refractivity contribution >= 4 is 17.1 Å². The third-order valence-electron chi connectivity index (χ3n) is 4.20. The minimum Gasteiger partial charge on any atom is -0.336 e. The predicted molar refractivity (Wildman–Crippen MR) is 86.3 cm³/mol. The molecule has 3 aromatic heterocycles. The summed E-state index contributed by atoms with van der Waals surface area (Å²) in [6, 6.07) is 5.58. The molecule has 1 fully saturated rings. The number of alkyl halides is 1. The normalized spacial score (nSPS) is 17.5. The smallest absolute Gasteiger partial charge is 0.255 e. The molecule has 4 heterocycles. The van der Waals surface area contributed by atoms with Crippen LogP contribution in [-0.2, 0) is 6.54 Å². The molecular weight excluding hydrogens is 309 g/mol. The summed E-state index contributed by atoms with van der Waals surface area (Å²) in [5.41, 5.74) is 2.86. The van der Waals surface area contributed by atoms with Gasteiger partial charge >= 0.3 is 0 Å². The lowest BCUT2D eigenvalue weighted by atomic mass is 10.2. The molecule has 6 nitrogen and oxygen atoms in total. The molecule has 0 aromatic carbocycles. The summed E-state index contributed by atoms with van der Waals surface area (Å²) in [6.07, 6.45) is 6.24. The van der Waals surface area contributed by atoms with Crippen LogP contribution < -0.4 is 0 Å². The number of likely N-dealkylation sites (tertiary alicyclic amines) is 1. The molecule has 1 amide bonds. The fourth-order valence-corrected chi connectivity index (χ4v) is 2.95. The number of carbonyl (C=O) groups excluding carboxylic acids is 1. The van der Waals surface area contributed by atoms with Gasteiger partial charge in [-0.05, 0) is 24.1 Å². The Morgan fingerprint density at radius 1 is 1.33 bits per heavy atom. The predicted octanol–water partition coefficient (Wildman–Crippen LogP) is 2.06. The third kappa shape index (κ3) is 2.73. The number of nitrogens with zero attached hydrogens (tertiary/aromatic N) is 5. The topological polar surface area (TPSA) is 63.9 Å². The number of fused-ring (bicyclic) bond motifs is 1. The molecule has 1 atom stereocenters. The molecule has 0 aliphatic carbocycles. The number of rotatable bonds is 3. The molecule has 1 aliphatic rings. The summed E-state index contributed by atoms with van der Waals surface area (Å²) < 4.78 is 15.2. The lowest BCUT2D eigenvalue weighted by Gasteiger charge is -2.14. The van der Waals surface area contributed by atoms with E-state index in [1.807, 2.05) is 16.7 Å². The summed E-state index contributed by atoms with van der Waals surface area (Å²) >= 11 is 0. The largest absolute Gasteiger partial charge is 0.336 e. The zero-order valence-electron chi connectivity index (χ0n) is 13.0. The summed E-state index contributed by atoms with van der Waals surface area (Å²) in [6.45, 7) is 1.22. The van der Waals surface area contributed by atoms with Crippen molar-refractivity contribution < 1.29 is 9.18 Å². The molecule has 0 radical (unpaired) electrons. The van der Waals surface area contributed by atoms with Crippen molar-refractivity contribution in [3.8, 4) is 0 Å². The van der Waals surface area contributed by atoms with Crippen LogP contribution in [0.15, 0.2) is 43.1 Å². The van der Waals surface area contributed by atoms with E-state index in [1.165, 1.54) is 11.1 Å². The second-order valence-corrected chi connectivity index (χ2v) is 5.94. The number of pyridine rings is 2. The van der Waals surface area contributed by atoms with Crippen LogP contribution in [0.5, 0.6) is 0 Å². The van der Waals surface area contributed by atoms with Gasteiger partial charge in [0, 0.05) is 25.1 Å². The van der Waals surface area contributed by atoms with Crippen LogP contribution in [0.3, 0.4) is 0 Å². The highest BCUT2D eigenvalue weighted by molar-refractivity contribution is 5.96. The number of carbonyl (C=O) groups is 1. The van der Waals surface area contributed by atoms with Gasteiger partial charge in [-0.1, -0.05) is 6.07 Å². The summed E-state index contributed by atoms with van der Waals surface area (Å²) in [4.78, 5) is 26.8. The number of hydrogen-bond acceptors (Lipinski definition) is 4. The minimum atomic E-state index is -0.927. The van der Waals surface area contributed by atoms with Gasteiger partial charge in [0.1, 0.15) is 11.7 Å². The van der Waals surface area contributed by atoms with Crippen molar-refractivity contribution in [1.82, 2.24) is 24.4 Å². The van der Waals surface area contributed by atoms with E-state index in [2.05, 4.69) is 15.0 Å². The lowest BCUT2D eigenvalue weighted by Crippen LogP contribution is -2.29. The maximum absolute atomic E-state index is 13.3. The third-order valence-corrected chi connectivity index (χ3v) is 4.20. The first kappa shape index (κ1) is 14.7. The first-order chi connectivity index (χ1) is 11.7. The van der Waals surface area contributed by atoms with Crippen LogP contribution in [0.4, 0.5) is 4.39 Å².